The second-order valence-corrected chi connectivity index (χ2v) is 6.46. The van der Waals surface area contributed by atoms with Crippen molar-refractivity contribution in [2.75, 3.05) is 33.9 Å². The number of amides is 2. The van der Waals surface area contributed by atoms with Gasteiger partial charge in [-0.25, -0.2) is 0 Å². The average Bonchev–Trinajstić information content (AvgIpc) is 3.02. The molecule has 0 bridgehead atoms. The van der Waals surface area contributed by atoms with Crippen LogP contribution in [0.3, 0.4) is 0 Å². The molecule has 1 fully saturated rings. The van der Waals surface area contributed by atoms with Crippen molar-refractivity contribution in [2.45, 2.75) is 19.9 Å². The quantitative estimate of drug-likeness (QED) is 0.800. The van der Waals surface area contributed by atoms with E-state index in [0.717, 1.165) is 0 Å². The molecule has 0 aliphatic carbocycles. The molecule has 0 unspecified atom stereocenters. The van der Waals surface area contributed by atoms with Crippen LogP contribution in [0.5, 0.6) is 0 Å². The van der Waals surface area contributed by atoms with E-state index in [1.54, 1.807) is 28.2 Å². The van der Waals surface area contributed by atoms with Gasteiger partial charge in [0, 0.05) is 38.5 Å². The first-order valence-corrected chi connectivity index (χ1v) is 7.95. The molecule has 21 heavy (non-hydrogen) atoms. The first-order chi connectivity index (χ1) is 10.0. The number of aryl methyl sites for hydroxylation is 1. The van der Waals surface area contributed by atoms with Crippen molar-refractivity contribution < 1.29 is 14.3 Å². The minimum atomic E-state index is -0.223. The third kappa shape index (κ3) is 3.83. The highest BCUT2D eigenvalue weighted by molar-refractivity contribution is 7.10. The Morgan fingerprint density at radius 3 is 2.95 bits per heavy atom. The summed E-state index contributed by atoms with van der Waals surface area (Å²) < 4.78 is 4.99. The van der Waals surface area contributed by atoms with Gasteiger partial charge in [0.1, 0.15) is 0 Å². The van der Waals surface area contributed by atoms with E-state index in [4.69, 9.17) is 4.74 Å². The number of hydrogen-bond acceptors (Lipinski definition) is 4. The fourth-order valence-corrected chi connectivity index (χ4v) is 3.48. The molecule has 116 valence electrons. The highest BCUT2D eigenvalue weighted by atomic mass is 32.1. The zero-order chi connectivity index (χ0) is 15.4. The Balaban J connectivity index is 1.91. The highest BCUT2D eigenvalue weighted by Gasteiger charge is 2.35. The monoisotopic (exact) mass is 310 g/mol. The molecule has 0 spiro atoms. The van der Waals surface area contributed by atoms with Crippen LogP contribution in [-0.2, 0) is 20.9 Å². The lowest BCUT2D eigenvalue weighted by Crippen LogP contribution is -2.35. The molecule has 6 heteroatoms. The SMILES string of the molecule is COCCN1C[C@@H](C(=O)N(C)Cc2sccc2C)CC1=O. The molecule has 1 aliphatic rings. The maximum Gasteiger partial charge on any atom is 0.228 e. The van der Waals surface area contributed by atoms with E-state index >= 15 is 0 Å². The van der Waals surface area contributed by atoms with Gasteiger partial charge in [0.05, 0.1) is 19.1 Å². The summed E-state index contributed by atoms with van der Waals surface area (Å²) in [6.07, 6.45) is 0.316. The van der Waals surface area contributed by atoms with Gasteiger partial charge < -0.3 is 14.5 Å². The van der Waals surface area contributed by atoms with E-state index in [1.807, 2.05) is 12.4 Å². The Hall–Kier alpha value is -1.40. The van der Waals surface area contributed by atoms with Gasteiger partial charge in [-0.3, -0.25) is 9.59 Å². The van der Waals surface area contributed by atoms with E-state index < -0.39 is 0 Å². The first-order valence-electron chi connectivity index (χ1n) is 7.07. The van der Waals surface area contributed by atoms with Crippen LogP contribution in [0.2, 0.25) is 0 Å². The molecule has 1 atom stereocenters. The molecule has 2 amide bonds. The van der Waals surface area contributed by atoms with Crippen molar-refractivity contribution in [3.05, 3.63) is 21.9 Å². The second kappa shape index (κ2) is 7.04. The number of nitrogens with zero attached hydrogens (tertiary/aromatic N) is 2. The molecule has 1 saturated heterocycles. The molecule has 0 N–H and O–H groups in total. The number of hydrogen-bond donors (Lipinski definition) is 0. The second-order valence-electron chi connectivity index (χ2n) is 5.45. The normalized spacial score (nSPS) is 18.3. The summed E-state index contributed by atoms with van der Waals surface area (Å²) >= 11 is 1.66. The number of rotatable bonds is 6. The van der Waals surface area contributed by atoms with Crippen LogP contribution in [0.15, 0.2) is 11.4 Å². The van der Waals surface area contributed by atoms with E-state index in [2.05, 4.69) is 13.0 Å². The molecule has 0 saturated carbocycles. The van der Waals surface area contributed by atoms with Crippen LogP contribution in [0, 0.1) is 12.8 Å². The molecule has 0 aromatic carbocycles. The van der Waals surface area contributed by atoms with Crippen molar-refractivity contribution in [1.82, 2.24) is 9.80 Å². The summed E-state index contributed by atoms with van der Waals surface area (Å²) in [5.41, 5.74) is 1.21. The van der Waals surface area contributed by atoms with Crippen LogP contribution in [-0.4, -0.2) is 55.5 Å². The van der Waals surface area contributed by atoms with E-state index in [9.17, 15) is 9.59 Å². The Labute approximate surface area is 129 Å². The molecule has 5 nitrogen and oxygen atoms in total. The number of carbonyl (C=O) groups is 2. The van der Waals surface area contributed by atoms with Gasteiger partial charge in [0.25, 0.3) is 0 Å². The standard InChI is InChI=1S/C15H22N2O3S/c1-11-4-7-21-13(11)10-16(2)15(19)12-8-14(18)17(9-12)5-6-20-3/h4,7,12H,5-6,8-10H2,1-3H3/t12-/m0/s1. The number of methoxy groups -OCH3 is 1. The van der Waals surface area contributed by atoms with Gasteiger partial charge in [-0.1, -0.05) is 0 Å². The topological polar surface area (TPSA) is 49.9 Å². The Kier molecular flexibility index (Phi) is 5.36. The van der Waals surface area contributed by atoms with Gasteiger partial charge in [-0.15, -0.1) is 11.3 Å². The molecular formula is C15H22N2O3S. The number of carbonyl (C=O) groups excluding carboxylic acids is 2. The van der Waals surface area contributed by atoms with E-state index in [0.29, 0.717) is 32.7 Å². The van der Waals surface area contributed by atoms with Gasteiger partial charge in [-0.05, 0) is 23.9 Å². The maximum atomic E-state index is 12.5. The maximum absolute atomic E-state index is 12.5. The van der Waals surface area contributed by atoms with Gasteiger partial charge in [-0.2, -0.15) is 0 Å². The Morgan fingerprint density at radius 1 is 1.57 bits per heavy atom. The predicted molar refractivity (Wildman–Crippen MR) is 82.1 cm³/mol. The zero-order valence-electron chi connectivity index (χ0n) is 12.8. The van der Waals surface area contributed by atoms with Gasteiger partial charge >= 0.3 is 0 Å². The van der Waals surface area contributed by atoms with E-state index in [1.165, 1.54) is 10.4 Å². The van der Waals surface area contributed by atoms with Crippen molar-refractivity contribution in [2.24, 2.45) is 5.92 Å². The summed E-state index contributed by atoms with van der Waals surface area (Å²) in [6, 6.07) is 2.06. The fraction of sp³-hybridized carbons (Fsp3) is 0.600. The van der Waals surface area contributed by atoms with Crippen LogP contribution in [0.1, 0.15) is 16.9 Å². The fourth-order valence-electron chi connectivity index (χ4n) is 2.53. The zero-order valence-corrected chi connectivity index (χ0v) is 13.6. The first kappa shape index (κ1) is 16.0. The largest absolute Gasteiger partial charge is 0.383 e. The van der Waals surface area contributed by atoms with Crippen LogP contribution in [0.25, 0.3) is 0 Å². The minimum Gasteiger partial charge on any atom is -0.383 e. The lowest BCUT2D eigenvalue weighted by Gasteiger charge is -2.21. The van der Waals surface area contributed by atoms with Crippen molar-refractivity contribution in [1.29, 1.82) is 0 Å². The lowest BCUT2D eigenvalue weighted by atomic mass is 10.1. The molecule has 2 heterocycles. The van der Waals surface area contributed by atoms with Crippen LogP contribution in [0.4, 0.5) is 0 Å². The highest BCUT2D eigenvalue weighted by Crippen LogP contribution is 2.22. The summed E-state index contributed by atoms with van der Waals surface area (Å²) in [6.45, 7) is 4.25. The van der Waals surface area contributed by atoms with Crippen LogP contribution < -0.4 is 0 Å². The smallest absolute Gasteiger partial charge is 0.228 e. The number of likely N-dealkylation sites (tertiary alicyclic amines) is 1. The van der Waals surface area contributed by atoms with E-state index in [-0.39, 0.29) is 17.7 Å². The number of ether oxygens (including phenoxy) is 1. The molecule has 1 aliphatic heterocycles. The van der Waals surface area contributed by atoms with Crippen LogP contribution >= 0.6 is 11.3 Å². The summed E-state index contributed by atoms with van der Waals surface area (Å²) in [4.78, 5) is 29.0. The van der Waals surface area contributed by atoms with Crippen molar-refractivity contribution in [3.8, 4) is 0 Å². The van der Waals surface area contributed by atoms with Gasteiger partial charge in [0.2, 0.25) is 11.8 Å². The minimum absolute atomic E-state index is 0.0473. The third-order valence-corrected chi connectivity index (χ3v) is 4.86. The summed E-state index contributed by atoms with van der Waals surface area (Å²) in [5, 5.41) is 2.04. The lowest BCUT2D eigenvalue weighted by molar-refractivity contribution is -0.135. The predicted octanol–water partition coefficient (Wildman–Crippen LogP) is 1.51. The Morgan fingerprint density at radius 2 is 2.33 bits per heavy atom. The molecular weight excluding hydrogens is 288 g/mol. The van der Waals surface area contributed by atoms with Crippen molar-refractivity contribution in [3.63, 3.8) is 0 Å². The average molecular weight is 310 g/mol. The third-order valence-electron chi connectivity index (χ3n) is 3.85. The molecule has 0 radical (unpaired) electrons. The summed E-state index contributed by atoms with van der Waals surface area (Å²) in [5.74, 6) is -0.123. The molecule has 2 rings (SSSR count). The van der Waals surface area contributed by atoms with Crippen molar-refractivity contribution >= 4 is 23.2 Å². The molecule has 1 aromatic heterocycles. The number of thiophene rings is 1. The Bertz CT molecular complexity index is 515. The molecule has 1 aromatic rings. The van der Waals surface area contributed by atoms with Gasteiger partial charge in [0.15, 0.2) is 0 Å². The summed E-state index contributed by atoms with van der Waals surface area (Å²) in [7, 11) is 3.42.